The van der Waals surface area contributed by atoms with E-state index in [1.54, 1.807) is 43.3 Å². The number of allylic oxidation sites excluding steroid dienone is 1. The molecule has 1 saturated heterocycles. The molecular formula is C19H24N2O4S. The molecule has 0 radical (unpaired) electrons. The molecule has 1 aromatic carbocycles. The highest BCUT2D eigenvalue weighted by atomic mass is 32.2. The van der Waals surface area contributed by atoms with Crippen molar-refractivity contribution in [3.8, 4) is 0 Å². The predicted octanol–water partition coefficient (Wildman–Crippen LogP) is 2.55. The number of nitrogens with zero attached hydrogens (tertiary/aromatic N) is 1. The van der Waals surface area contributed by atoms with E-state index in [2.05, 4.69) is 5.32 Å². The van der Waals surface area contributed by atoms with Crippen LogP contribution >= 0.6 is 11.8 Å². The maximum atomic E-state index is 12.5. The van der Waals surface area contributed by atoms with Gasteiger partial charge >= 0.3 is 5.97 Å². The van der Waals surface area contributed by atoms with Crippen LogP contribution in [0.25, 0.3) is 0 Å². The van der Waals surface area contributed by atoms with Crippen molar-refractivity contribution >= 4 is 29.5 Å². The molecule has 0 aromatic heterocycles. The van der Waals surface area contributed by atoms with E-state index in [1.807, 2.05) is 4.90 Å². The second kappa shape index (κ2) is 10.0. The Morgan fingerprint density at radius 3 is 2.62 bits per heavy atom. The van der Waals surface area contributed by atoms with Crippen molar-refractivity contribution in [3.63, 3.8) is 0 Å². The summed E-state index contributed by atoms with van der Waals surface area (Å²) in [4.78, 5) is 38.6. The van der Waals surface area contributed by atoms with Crippen LogP contribution < -0.4 is 5.32 Å². The van der Waals surface area contributed by atoms with Crippen LogP contribution in [0.4, 0.5) is 0 Å². The second-order valence-electron chi connectivity index (χ2n) is 6.04. The molecule has 2 N–H and O–H groups in total. The average Bonchev–Trinajstić information content (AvgIpc) is 3.17. The third-order valence-corrected chi connectivity index (χ3v) is 5.21. The van der Waals surface area contributed by atoms with Gasteiger partial charge in [-0.2, -0.15) is 0 Å². The zero-order valence-electron chi connectivity index (χ0n) is 14.8. The summed E-state index contributed by atoms with van der Waals surface area (Å²) in [6.45, 7) is 3.39. The van der Waals surface area contributed by atoms with Crippen molar-refractivity contribution in [2.45, 2.75) is 37.1 Å². The summed E-state index contributed by atoms with van der Waals surface area (Å²) in [5.41, 5.74) is 0.387. The van der Waals surface area contributed by atoms with Gasteiger partial charge in [0.1, 0.15) is 6.04 Å². The fourth-order valence-electron chi connectivity index (χ4n) is 2.71. The lowest BCUT2D eigenvalue weighted by atomic mass is 10.1. The van der Waals surface area contributed by atoms with Gasteiger partial charge in [-0.25, -0.2) is 4.79 Å². The number of carboxylic acids is 1. The third-order valence-electron chi connectivity index (χ3n) is 4.15. The maximum Gasteiger partial charge on any atom is 0.326 e. The van der Waals surface area contributed by atoms with E-state index in [1.165, 1.54) is 11.8 Å². The first-order chi connectivity index (χ1) is 12.5. The summed E-state index contributed by atoms with van der Waals surface area (Å²) < 4.78 is 0. The fraction of sp³-hybridized carbons (Fsp3) is 0.421. The minimum Gasteiger partial charge on any atom is -0.480 e. The molecule has 6 nitrogen and oxygen atoms in total. The van der Waals surface area contributed by atoms with Gasteiger partial charge in [0, 0.05) is 18.0 Å². The van der Waals surface area contributed by atoms with Crippen LogP contribution in [0.3, 0.4) is 0 Å². The van der Waals surface area contributed by atoms with Gasteiger partial charge in [0.25, 0.3) is 5.91 Å². The number of carbonyl (C=O) groups is 3. The number of likely N-dealkylation sites (tertiary alicyclic amines) is 1. The van der Waals surface area contributed by atoms with Crippen molar-refractivity contribution in [3.05, 3.63) is 42.0 Å². The maximum absolute atomic E-state index is 12.5. The zero-order valence-corrected chi connectivity index (χ0v) is 15.6. The summed E-state index contributed by atoms with van der Waals surface area (Å²) in [7, 11) is 0. The van der Waals surface area contributed by atoms with Crippen LogP contribution in [-0.4, -0.2) is 52.7 Å². The van der Waals surface area contributed by atoms with E-state index in [9.17, 15) is 19.5 Å². The number of thioether (sulfide) groups is 1. The average molecular weight is 376 g/mol. The van der Waals surface area contributed by atoms with E-state index >= 15 is 0 Å². The normalized spacial score (nSPS) is 15.2. The molecular weight excluding hydrogens is 352 g/mol. The van der Waals surface area contributed by atoms with Gasteiger partial charge in [-0.15, -0.1) is 11.8 Å². The molecule has 7 heteroatoms. The number of hydrogen-bond acceptors (Lipinski definition) is 4. The highest BCUT2D eigenvalue weighted by Crippen LogP contribution is 2.24. The Morgan fingerprint density at radius 1 is 1.27 bits per heavy atom. The Bertz CT molecular complexity index is 684. The van der Waals surface area contributed by atoms with E-state index in [0.29, 0.717) is 10.5 Å². The number of benzene rings is 1. The molecule has 1 heterocycles. The minimum atomic E-state index is -1.08. The number of nitrogens with one attached hydrogen (secondary N) is 1. The first-order valence-electron chi connectivity index (χ1n) is 8.67. The molecule has 26 heavy (non-hydrogen) atoms. The van der Waals surface area contributed by atoms with Crippen LogP contribution in [0.15, 0.2) is 41.3 Å². The lowest BCUT2D eigenvalue weighted by Gasteiger charge is -2.16. The Morgan fingerprint density at radius 2 is 1.96 bits per heavy atom. The van der Waals surface area contributed by atoms with E-state index in [4.69, 9.17) is 0 Å². The first kappa shape index (κ1) is 20.0. The molecule has 0 saturated carbocycles. The van der Waals surface area contributed by atoms with E-state index in [0.717, 1.165) is 25.9 Å². The molecule has 0 aliphatic carbocycles. The highest BCUT2D eigenvalue weighted by Gasteiger charge is 2.22. The monoisotopic (exact) mass is 376 g/mol. The Hall–Kier alpha value is -2.28. The largest absolute Gasteiger partial charge is 0.480 e. The molecule has 1 unspecified atom stereocenters. The van der Waals surface area contributed by atoms with Crippen LogP contribution in [0, 0.1) is 0 Å². The summed E-state index contributed by atoms with van der Waals surface area (Å²) in [6, 6.07) is 5.96. The Labute approximate surface area is 157 Å². The number of carboxylic acid groups (broad SMARTS) is 1. The van der Waals surface area contributed by atoms with Crippen molar-refractivity contribution in [1.82, 2.24) is 10.2 Å². The Balaban J connectivity index is 2.03. The second-order valence-corrected chi connectivity index (χ2v) is 7.06. The first-order valence-corrected chi connectivity index (χ1v) is 9.66. The summed E-state index contributed by atoms with van der Waals surface area (Å²) >= 11 is 1.31. The third kappa shape index (κ3) is 5.62. The molecule has 1 aromatic rings. The van der Waals surface area contributed by atoms with Crippen LogP contribution in [0.2, 0.25) is 0 Å². The Kier molecular flexibility index (Phi) is 7.72. The number of hydrogen-bond donors (Lipinski definition) is 2. The zero-order chi connectivity index (χ0) is 18.9. The van der Waals surface area contributed by atoms with Gasteiger partial charge < -0.3 is 15.3 Å². The lowest BCUT2D eigenvalue weighted by Crippen LogP contribution is -2.40. The van der Waals surface area contributed by atoms with Crippen LogP contribution in [0.5, 0.6) is 0 Å². The summed E-state index contributed by atoms with van der Waals surface area (Å²) in [5.74, 6) is -1.19. The van der Waals surface area contributed by atoms with Crippen LogP contribution in [0.1, 0.15) is 36.5 Å². The summed E-state index contributed by atoms with van der Waals surface area (Å²) in [6.07, 6.45) is 5.75. The highest BCUT2D eigenvalue weighted by molar-refractivity contribution is 8.00. The van der Waals surface area contributed by atoms with Crippen molar-refractivity contribution in [2.24, 2.45) is 0 Å². The molecule has 2 amide bonds. The molecule has 1 aliphatic heterocycles. The van der Waals surface area contributed by atoms with E-state index < -0.39 is 17.9 Å². The number of amides is 2. The quantitative estimate of drug-likeness (QED) is 0.538. The van der Waals surface area contributed by atoms with Crippen molar-refractivity contribution < 1.29 is 19.5 Å². The van der Waals surface area contributed by atoms with Gasteiger partial charge in [-0.1, -0.05) is 24.3 Å². The van der Waals surface area contributed by atoms with E-state index in [-0.39, 0.29) is 18.1 Å². The van der Waals surface area contributed by atoms with Gasteiger partial charge in [-0.05, 0) is 38.3 Å². The number of carbonyl (C=O) groups excluding carboxylic acids is 2. The van der Waals surface area contributed by atoms with Gasteiger partial charge in [0.15, 0.2) is 0 Å². The molecule has 0 bridgehead atoms. The SMILES string of the molecule is C/C=C/CC(NC(=O)c1ccccc1SCC(=O)N1CCCC1)C(=O)O. The number of rotatable bonds is 8. The topological polar surface area (TPSA) is 86.7 Å². The molecule has 1 atom stereocenters. The van der Waals surface area contributed by atoms with Crippen LogP contribution in [-0.2, 0) is 9.59 Å². The van der Waals surface area contributed by atoms with Crippen molar-refractivity contribution in [1.29, 1.82) is 0 Å². The van der Waals surface area contributed by atoms with Gasteiger partial charge in [0.2, 0.25) is 5.91 Å². The molecule has 1 fully saturated rings. The minimum absolute atomic E-state index is 0.0687. The van der Waals surface area contributed by atoms with Crippen molar-refractivity contribution in [2.75, 3.05) is 18.8 Å². The number of aliphatic carboxylic acids is 1. The predicted molar refractivity (Wildman–Crippen MR) is 101 cm³/mol. The van der Waals surface area contributed by atoms with Gasteiger partial charge in [-0.3, -0.25) is 9.59 Å². The smallest absolute Gasteiger partial charge is 0.326 e. The lowest BCUT2D eigenvalue weighted by molar-refractivity contribution is -0.139. The molecule has 0 spiro atoms. The molecule has 1 aliphatic rings. The molecule has 140 valence electrons. The van der Waals surface area contributed by atoms with Gasteiger partial charge in [0.05, 0.1) is 11.3 Å². The fourth-order valence-corrected chi connectivity index (χ4v) is 3.66. The molecule has 2 rings (SSSR count). The summed E-state index contributed by atoms with van der Waals surface area (Å²) in [5, 5.41) is 11.8. The standard InChI is InChI=1S/C19H24N2O4S/c1-2-3-9-15(19(24)25)20-18(23)14-8-4-5-10-16(14)26-13-17(22)21-11-6-7-12-21/h2-5,8,10,15H,6-7,9,11-13H2,1H3,(H,20,23)(H,24,25)/b3-2+.